The molecule has 2 amide bonds. The summed E-state index contributed by atoms with van der Waals surface area (Å²) in [7, 11) is 1.51. The van der Waals surface area contributed by atoms with E-state index in [0.717, 1.165) is 22.5 Å². The van der Waals surface area contributed by atoms with Crippen LogP contribution in [0.4, 0.5) is 10.1 Å². The van der Waals surface area contributed by atoms with Crippen molar-refractivity contribution in [1.82, 2.24) is 14.8 Å². The number of hydrogen-bond donors (Lipinski definition) is 2. The molecule has 1 aromatic heterocycles. The molecule has 1 fully saturated rings. The number of carboxylic acid groups (broad SMARTS) is 1. The lowest BCUT2D eigenvalue weighted by Gasteiger charge is -2.35. The molecule has 2 unspecified atom stereocenters. The number of benzene rings is 2. The fraction of sp³-hybridized carbons (Fsp3) is 0.219. The summed E-state index contributed by atoms with van der Waals surface area (Å²) in [4.78, 5) is 47.3. The number of aliphatic imine (C=N–C) groups is 1. The fourth-order valence-electron chi connectivity index (χ4n) is 4.17. The first-order chi connectivity index (χ1) is 21.1. The second kappa shape index (κ2) is 17.0. The van der Waals surface area contributed by atoms with Gasteiger partial charge in [-0.1, -0.05) is 51.7 Å². The number of aromatic nitrogens is 1. The molecule has 0 aliphatic carbocycles. The minimum Gasteiger partial charge on any atom is -0.479 e. The highest BCUT2D eigenvalue weighted by Crippen LogP contribution is 2.20. The van der Waals surface area contributed by atoms with Crippen LogP contribution in [-0.2, 0) is 16.0 Å². The second-order valence-electron chi connectivity index (χ2n) is 9.65. The highest BCUT2D eigenvalue weighted by molar-refractivity contribution is 7.19. The van der Waals surface area contributed by atoms with Gasteiger partial charge in [0.1, 0.15) is 5.84 Å². The van der Waals surface area contributed by atoms with Gasteiger partial charge in [-0.3, -0.25) is 14.6 Å². The van der Waals surface area contributed by atoms with E-state index in [1.165, 1.54) is 9.24 Å². The van der Waals surface area contributed by atoms with Crippen LogP contribution in [0, 0.1) is 0 Å². The molecule has 1 aliphatic rings. The number of carboxylic acids is 1. The van der Waals surface area contributed by atoms with Gasteiger partial charge < -0.3 is 20.2 Å². The van der Waals surface area contributed by atoms with Crippen molar-refractivity contribution in [3.8, 4) is 0 Å². The van der Waals surface area contributed by atoms with Crippen LogP contribution in [0.25, 0.3) is 5.70 Å². The molecule has 230 valence electrons. The molecule has 2 aromatic carbocycles. The number of allylic oxidation sites excluding steroid dienone is 2. The first-order valence-corrected chi connectivity index (χ1v) is 14.7. The zero-order valence-electron chi connectivity index (χ0n) is 24.2. The van der Waals surface area contributed by atoms with Crippen molar-refractivity contribution in [3.63, 3.8) is 0 Å². The van der Waals surface area contributed by atoms with Crippen LogP contribution in [0.2, 0.25) is 5.02 Å². The number of amides is 2. The average molecular weight is 638 g/mol. The first kappa shape index (κ1) is 34.1. The largest absolute Gasteiger partial charge is 0.479 e. The van der Waals surface area contributed by atoms with Gasteiger partial charge in [-0.15, -0.1) is 0 Å². The summed E-state index contributed by atoms with van der Waals surface area (Å²) in [6.07, 6.45) is 7.25. The van der Waals surface area contributed by atoms with Gasteiger partial charge in [0, 0.05) is 60.4 Å². The number of nitrogens with one attached hydrogen (secondary N) is 1. The zero-order chi connectivity index (χ0) is 32.1. The number of rotatable bonds is 8. The van der Waals surface area contributed by atoms with Gasteiger partial charge >= 0.3 is 5.97 Å². The number of piperazine rings is 1. The van der Waals surface area contributed by atoms with Gasteiger partial charge in [0.15, 0.2) is 0 Å². The van der Waals surface area contributed by atoms with Crippen LogP contribution in [0.1, 0.15) is 28.4 Å². The first-order valence-electron chi connectivity index (χ1n) is 13.7. The fourth-order valence-corrected chi connectivity index (χ4v) is 4.30. The molecule has 44 heavy (non-hydrogen) atoms. The van der Waals surface area contributed by atoms with E-state index in [9.17, 15) is 18.8 Å². The molecule has 1 aliphatic heterocycles. The standard InChI is InChI=1S/C30H30ClN5O2.C2H4FO2P/c1-3-5-28(24-7-11-26(31)12-8-24)34-22(2)33-27-13-9-25(10-14-27)30(38)36-18-16-35(17-19-36)29(37)20-23-6-4-15-32-21-23;3-1(6)2(4)5/h3-15,21H,1,16-20H2,2H3,(H,33,34);1H,6H2,(H,4,5)/b28-5-;. The highest BCUT2D eigenvalue weighted by atomic mass is 35.5. The summed E-state index contributed by atoms with van der Waals surface area (Å²) in [6.45, 7) is 7.71. The molecule has 3 aromatic rings. The quantitative estimate of drug-likeness (QED) is 0.145. The van der Waals surface area contributed by atoms with Crippen LogP contribution < -0.4 is 5.32 Å². The number of carbonyl (C=O) groups is 3. The molecule has 2 N–H and O–H groups in total. The van der Waals surface area contributed by atoms with Crippen LogP contribution in [0.3, 0.4) is 0 Å². The molecule has 9 nitrogen and oxygen atoms in total. The molecule has 4 rings (SSSR count). The van der Waals surface area contributed by atoms with Crippen molar-refractivity contribution in [2.45, 2.75) is 19.3 Å². The number of aliphatic carboxylic acids is 1. The third-order valence-electron chi connectivity index (χ3n) is 6.39. The van der Waals surface area contributed by atoms with Crippen LogP contribution in [0.5, 0.6) is 0 Å². The van der Waals surface area contributed by atoms with Gasteiger partial charge in [-0.05, 0) is 61.0 Å². The summed E-state index contributed by atoms with van der Waals surface area (Å²) in [5.41, 5.74) is 4.00. The van der Waals surface area contributed by atoms with E-state index < -0.39 is 11.9 Å². The Balaban J connectivity index is 0.000000801. The Morgan fingerprint density at radius 1 is 1.07 bits per heavy atom. The van der Waals surface area contributed by atoms with E-state index in [1.807, 2.05) is 66.4 Å². The Kier molecular flexibility index (Phi) is 13.2. The number of alkyl halides is 1. The monoisotopic (exact) mass is 637 g/mol. The topological polar surface area (TPSA) is 115 Å². The van der Waals surface area contributed by atoms with E-state index in [4.69, 9.17) is 16.7 Å². The lowest BCUT2D eigenvalue weighted by atomic mass is 10.1. The molecular weight excluding hydrogens is 604 g/mol. The van der Waals surface area contributed by atoms with Crippen molar-refractivity contribution in [3.05, 3.63) is 114 Å². The number of carbonyl (C=O) groups excluding carboxylic acids is 2. The lowest BCUT2D eigenvalue weighted by Crippen LogP contribution is -2.51. The molecule has 0 radical (unpaired) electrons. The zero-order valence-corrected chi connectivity index (χ0v) is 26.1. The minimum atomic E-state index is -1.81. The third kappa shape index (κ3) is 10.7. The van der Waals surface area contributed by atoms with E-state index in [-0.39, 0.29) is 11.8 Å². The van der Waals surface area contributed by atoms with E-state index >= 15 is 0 Å². The SMILES string of the molecule is C=C/C=C(\N=C(C)Nc1ccc(C(=O)N2CCN(C(=O)Cc3cccnc3)CC2)cc1)c1ccc(Cl)cc1.O=C(O)C(F)P. The van der Waals surface area contributed by atoms with Gasteiger partial charge in [-0.25, -0.2) is 14.2 Å². The maximum Gasteiger partial charge on any atom is 0.342 e. The number of anilines is 1. The molecular formula is C32H34ClFN5O4P. The second-order valence-corrected chi connectivity index (χ2v) is 10.7. The molecule has 0 saturated carbocycles. The van der Waals surface area contributed by atoms with Crippen molar-refractivity contribution in [1.29, 1.82) is 0 Å². The molecule has 1 saturated heterocycles. The number of halogens is 2. The minimum absolute atomic E-state index is 0.0414. The molecule has 0 spiro atoms. The molecule has 2 heterocycles. The molecule has 12 heteroatoms. The number of pyridine rings is 1. The Bertz CT molecular complexity index is 1490. The van der Waals surface area contributed by atoms with Gasteiger partial charge in [-0.2, -0.15) is 0 Å². The van der Waals surface area contributed by atoms with Gasteiger partial charge in [0.25, 0.3) is 5.91 Å². The Morgan fingerprint density at radius 3 is 2.20 bits per heavy atom. The average Bonchev–Trinajstić information content (AvgIpc) is 3.02. The van der Waals surface area contributed by atoms with Crippen molar-refractivity contribution < 1.29 is 23.9 Å². The highest BCUT2D eigenvalue weighted by Gasteiger charge is 2.25. The van der Waals surface area contributed by atoms with Crippen molar-refractivity contribution >= 4 is 55.8 Å². The maximum atomic E-state index is 13.0. The Morgan fingerprint density at radius 2 is 1.66 bits per heavy atom. The predicted octanol–water partition coefficient (Wildman–Crippen LogP) is 5.56. The Labute approximate surface area is 263 Å². The lowest BCUT2D eigenvalue weighted by molar-refractivity contribution is -0.139. The van der Waals surface area contributed by atoms with Gasteiger partial charge in [0.2, 0.25) is 11.8 Å². The summed E-state index contributed by atoms with van der Waals surface area (Å²) in [5, 5.41) is 11.5. The summed E-state index contributed by atoms with van der Waals surface area (Å²) < 4.78 is 11.2. The van der Waals surface area contributed by atoms with E-state index in [1.54, 1.807) is 35.5 Å². The summed E-state index contributed by atoms with van der Waals surface area (Å²) in [5.74, 6) is -2.55. The number of amidine groups is 1. The van der Waals surface area contributed by atoms with E-state index in [2.05, 4.69) is 21.9 Å². The van der Waals surface area contributed by atoms with Crippen LogP contribution in [0.15, 0.2) is 96.8 Å². The predicted molar refractivity (Wildman–Crippen MR) is 175 cm³/mol. The number of hydrogen-bond acceptors (Lipinski definition) is 5. The molecule has 0 bridgehead atoms. The smallest absolute Gasteiger partial charge is 0.342 e. The van der Waals surface area contributed by atoms with Crippen molar-refractivity contribution in [2.24, 2.45) is 4.99 Å². The number of nitrogens with zero attached hydrogens (tertiary/aromatic N) is 4. The van der Waals surface area contributed by atoms with Crippen LogP contribution >= 0.6 is 20.8 Å². The van der Waals surface area contributed by atoms with Crippen molar-refractivity contribution in [2.75, 3.05) is 31.5 Å². The maximum absolute atomic E-state index is 13.0. The van der Waals surface area contributed by atoms with Crippen LogP contribution in [-0.4, -0.2) is 75.6 Å². The molecule has 2 atom stereocenters. The third-order valence-corrected chi connectivity index (χ3v) is 6.93. The Hall–Kier alpha value is -4.40. The van der Waals surface area contributed by atoms with E-state index in [0.29, 0.717) is 49.0 Å². The summed E-state index contributed by atoms with van der Waals surface area (Å²) in [6, 6.07) is 18.5. The summed E-state index contributed by atoms with van der Waals surface area (Å²) >= 11 is 6.00. The normalized spacial score (nSPS) is 14.2. The van der Waals surface area contributed by atoms with Gasteiger partial charge in [0.05, 0.1) is 12.1 Å².